The van der Waals surface area contributed by atoms with Crippen LogP contribution in [-0.4, -0.2) is 42.6 Å². The van der Waals surface area contributed by atoms with Crippen LogP contribution in [0.15, 0.2) is 66.0 Å². The summed E-state index contributed by atoms with van der Waals surface area (Å²) in [6.45, 7) is 2.24. The van der Waals surface area contributed by atoms with Crippen molar-refractivity contribution in [2.75, 3.05) is 13.1 Å². The second-order valence-electron chi connectivity index (χ2n) is 7.51. The molecule has 2 heterocycles. The van der Waals surface area contributed by atoms with Crippen molar-refractivity contribution >= 4 is 31.7 Å². The molecule has 0 amide bonds. The van der Waals surface area contributed by atoms with Gasteiger partial charge in [0.05, 0.1) is 11.0 Å². The molecule has 0 aliphatic heterocycles. The molecule has 2 aromatic carbocycles. The van der Waals surface area contributed by atoms with Crippen LogP contribution in [0.5, 0.6) is 0 Å². The second kappa shape index (κ2) is 8.72. The number of sulfonamides is 1. The smallest absolute Gasteiger partial charge is 0.240 e. The maximum Gasteiger partial charge on any atom is 0.240 e. The highest BCUT2D eigenvalue weighted by Crippen LogP contribution is 2.24. The molecule has 4 aromatic rings. The van der Waals surface area contributed by atoms with E-state index in [0.717, 1.165) is 16.3 Å². The van der Waals surface area contributed by atoms with Crippen molar-refractivity contribution in [1.29, 1.82) is 0 Å². The van der Waals surface area contributed by atoms with E-state index in [1.54, 1.807) is 55.8 Å². The number of aromatic amines is 1. The van der Waals surface area contributed by atoms with Gasteiger partial charge in [-0.1, -0.05) is 6.07 Å². The zero-order chi connectivity index (χ0) is 22.0. The highest BCUT2D eigenvalue weighted by molar-refractivity contribution is 7.89. The fourth-order valence-corrected chi connectivity index (χ4v) is 4.82. The molecule has 1 unspecified atom stereocenters. The number of H-pyrrole nitrogens is 1. The number of halogens is 1. The van der Waals surface area contributed by atoms with Crippen LogP contribution in [0.25, 0.3) is 21.7 Å². The number of nitrogens with zero attached hydrogens (tertiary/aromatic N) is 1. The van der Waals surface area contributed by atoms with E-state index in [1.165, 1.54) is 12.1 Å². The third kappa shape index (κ3) is 4.75. The molecule has 0 aliphatic rings. The summed E-state index contributed by atoms with van der Waals surface area (Å²) in [5.41, 5.74) is 1.32. The Morgan fingerprint density at radius 3 is 2.81 bits per heavy atom. The molecule has 7 nitrogen and oxygen atoms in total. The van der Waals surface area contributed by atoms with E-state index in [2.05, 4.69) is 20.0 Å². The molecule has 2 aromatic heterocycles. The minimum Gasteiger partial charge on any atom is -0.387 e. The lowest BCUT2D eigenvalue weighted by Gasteiger charge is -2.17. The molecular weight excluding hydrogens is 419 g/mol. The number of fused-ring (bicyclic) bond motifs is 2. The van der Waals surface area contributed by atoms with E-state index >= 15 is 0 Å². The molecule has 9 heteroatoms. The first-order valence-corrected chi connectivity index (χ1v) is 11.3. The van der Waals surface area contributed by atoms with Crippen molar-refractivity contribution in [2.45, 2.75) is 24.0 Å². The standard InChI is InChI=1S/C22H23FN4O3S/c1-14(27-31(29,30)18-4-2-16-11-24-7-6-15(16)8-18)10-25-13-22(28)20-12-26-21-5-3-17(23)9-19(20)21/h2-9,11-12,14,22,25-28H,10,13H2,1H3/t14-,22?/m1/s1. The van der Waals surface area contributed by atoms with Crippen molar-refractivity contribution in [3.63, 3.8) is 0 Å². The van der Waals surface area contributed by atoms with E-state index in [0.29, 0.717) is 17.5 Å². The van der Waals surface area contributed by atoms with Crippen LogP contribution < -0.4 is 10.0 Å². The van der Waals surface area contributed by atoms with Crippen molar-refractivity contribution in [2.24, 2.45) is 0 Å². The molecule has 162 valence electrons. The van der Waals surface area contributed by atoms with E-state index in [9.17, 15) is 17.9 Å². The van der Waals surface area contributed by atoms with Gasteiger partial charge < -0.3 is 15.4 Å². The molecule has 0 aliphatic carbocycles. The Bertz CT molecular complexity index is 1320. The number of pyridine rings is 1. The lowest BCUT2D eigenvalue weighted by atomic mass is 10.1. The Hall–Kier alpha value is -2.85. The molecule has 0 saturated carbocycles. The van der Waals surface area contributed by atoms with Gasteiger partial charge in [0, 0.05) is 59.6 Å². The molecule has 4 rings (SSSR count). The van der Waals surface area contributed by atoms with Gasteiger partial charge in [-0.25, -0.2) is 17.5 Å². The molecule has 0 spiro atoms. The van der Waals surface area contributed by atoms with Crippen LogP contribution in [0.1, 0.15) is 18.6 Å². The lowest BCUT2D eigenvalue weighted by molar-refractivity contribution is 0.175. The summed E-state index contributed by atoms with van der Waals surface area (Å²) in [5, 5.41) is 15.8. The first-order valence-electron chi connectivity index (χ1n) is 9.85. The van der Waals surface area contributed by atoms with Crippen LogP contribution in [0.3, 0.4) is 0 Å². The number of nitrogens with one attached hydrogen (secondary N) is 3. The van der Waals surface area contributed by atoms with E-state index < -0.39 is 22.2 Å². The zero-order valence-electron chi connectivity index (χ0n) is 16.8. The van der Waals surface area contributed by atoms with Crippen LogP contribution in [0, 0.1) is 5.82 Å². The number of hydrogen-bond donors (Lipinski definition) is 4. The maximum atomic E-state index is 13.5. The SMILES string of the molecule is C[C@H](CNCC(O)c1c[nH]c2ccc(F)cc12)NS(=O)(=O)c1ccc2cnccc2c1. The van der Waals surface area contributed by atoms with Gasteiger partial charge in [0.15, 0.2) is 0 Å². The number of aliphatic hydroxyl groups excluding tert-OH is 1. The minimum absolute atomic E-state index is 0.180. The van der Waals surface area contributed by atoms with Gasteiger partial charge in [-0.05, 0) is 48.7 Å². The first-order chi connectivity index (χ1) is 14.8. The lowest BCUT2D eigenvalue weighted by Crippen LogP contribution is -2.40. The van der Waals surface area contributed by atoms with E-state index in [-0.39, 0.29) is 17.3 Å². The summed E-state index contributed by atoms with van der Waals surface area (Å²) in [6.07, 6.45) is 4.08. The third-order valence-corrected chi connectivity index (χ3v) is 6.69. The fraction of sp³-hybridized carbons (Fsp3) is 0.227. The van der Waals surface area contributed by atoms with Crippen LogP contribution in [-0.2, 0) is 10.0 Å². The summed E-state index contributed by atoms with van der Waals surface area (Å²) in [4.78, 5) is 7.21. The monoisotopic (exact) mass is 442 g/mol. The van der Waals surface area contributed by atoms with Crippen molar-refractivity contribution in [3.05, 3.63) is 72.4 Å². The average Bonchev–Trinajstić information content (AvgIpc) is 3.16. The molecule has 0 bridgehead atoms. The van der Waals surface area contributed by atoms with Crippen LogP contribution in [0.2, 0.25) is 0 Å². The molecule has 31 heavy (non-hydrogen) atoms. The molecule has 4 N–H and O–H groups in total. The molecule has 0 saturated heterocycles. The third-order valence-electron chi connectivity index (χ3n) is 5.10. The summed E-state index contributed by atoms with van der Waals surface area (Å²) in [5.74, 6) is -0.374. The predicted octanol–water partition coefficient (Wildman–Crippen LogP) is 2.85. The Balaban J connectivity index is 1.35. The Kier molecular flexibility index (Phi) is 6.01. The Morgan fingerprint density at radius 2 is 1.97 bits per heavy atom. The maximum absolute atomic E-state index is 13.5. The number of rotatable bonds is 8. The summed E-state index contributed by atoms with van der Waals surface area (Å²) < 4.78 is 41.6. The normalized spacial score (nSPS) is 14.2. The molecule has 0 radical (unpaired) electrons. The Morgan fingerprint density at radius 1 is 1.13 bits per heavy atom. The van der Waals surface area contributed by atoms with Crippen molar-refractivity contribution < 1.29 is 17.9 Å². The van der Waals surface area contributed by atoms with Gasteiger partial charge >= 0.3 is 0 Å². The molecule has 0 fully saturated rings. The second-order valence-corrected chi connectivity index (χ2v) is 9.23. The summed E-state index contributed by atoms with van der Waals surface area (Å²) >= 11 is 0. The predicted molar refractivity (Wildman–Crippen MR) is 118 cm³/mol. The zero-order valence-corrected chi connectivity index (χ0v) is 17.7. The van der Waals surface area contributed by atoms with Gasteiger partial charge in [0.25, 0.3) is 0 Å². The van der Waals surface area contributed by atoms with Crippen molar-refractivity contribution in [3.8, 4) is 0 Å². The summed E-state index contributed by atoms with van der Waals surface area (Å²) in [7, 11) is -3.70. The summed E-state index contributed by atoms with van der Waals surface area (Å²) in [6, 6.07) is 10.6. The van der Waals surface area contributed by atoms with Gasteiger partial charge in [0.2, 0.25) is 10.0 Å². The van der Waals surface area contributed by atoms with Crippen LogP contribution >= 0.6 is 0 Å². The van der Waals surface area contributed by atoms with Crippen LogP contribution in [0.4, 0.5) is 4.39 Å². The largest absolute Gasteiger partial charge is 0.387 e. The quantitative estimate of drug-likeness (QED) is 0.336. The van der Waals surface area contributed by atoms with Gasteiger partial charge in [0.1, 0.15) is 5.82 Å². The highest BCUT2D eigenvalue weighted by Gasteiger charge is 2.19. The molecule has 2 atom stereocenters. The van der Waals surface area contributed by atoms with E-state index in [1.807, 2.05) is 0 Å². The number of aromatic nitrogens is 2. The number of hydrogen-bond acceptors (Lipinski definition) is 5. The minimum atomic E-state index is -3.70. The average molecular weight is 443 g/mol. The van der Waals surface area contributed by atoms with Gasteiger partial charge in [-0.2, -0.15) is 0 Å². The van der Waals surface area contributed by atoms with Gasteiger partial charge in [-0.3, -0.25) is 4.98 Å². The topological polar surface area (TPSA) is 107 Å². The Labute approximate surface area is 179 Å². The van der Waals surface area contributed by atoms with E-state index in [4.69, 9.17) is 0 Å². The number of aliphatic hydroxyl groups is 1. The molecular formula is C22H23FN4O3S. The van der Waals surface area contributed by atoms with Crippen molar-refractivity contribution in [1.82, 2.24) is 20.0 Å². The number of benzene rings is 2. The highest BCUT2D eigenvalue weighted by atomic mass is 32.2. The fourth-order valence-electron chi connectivity index (χ4n) is 3.54. The van der Waals surface area contributed by atoms with Gasteiger partial charge in [-0.15, -0.1) is 0 Å². The first kappa shape index (κ1) is 21.4.